The van der Waals surface area contributed by atoms with Crippen LogP contribution in [0.15, 0.2) is 24.4 Å². The van der Waals surface area contributed by atoms with Crippen molar-refractivity contribution in [1.82, 2.24) is 9.78 Å². The number of thiophene rings is 1. The molecule has 0 radical (unpaired) electrons. The van der Waals surface area contributed by atoms with Gasteiger partial charge < -0.3 is 5.32 Å². The number of fused-ring (bicyclic) bond motifs is 1. The van der Waals surface area contributed by atoms with Gasteiger partial charge in [-0.25, -0.2) is 4.39 Å². The lowest BCUT2D eigenvalue weighted by Gasteiger charge is -2.05. The van der Waals surface area contributed by atoms with Crippen molar-refractivity contribution >= 4 is 33.0 Å². The summed E-state index contributed by atoms with van der Waals surface area (Å²) in [7, 11) is 1.84. The number of carbonyl (C=O) groups excluding carboxylic acids is 1. The van der Waals surface area contributed by atoms with E-state index in [1.54, 1.807) is 23.9 Å². The SMILES string of the molecule is CCc1c(NC(=O)c2sc3cccc(F)c3c2C)cnn1C. The fourth-order valence-corrected chi connectivity index (χ4v) is 3.75. The second-order valence-corrected chi connectivity index (χ2v) is 6.16. The molecule has 2 heterocycles. The Balaban J connectivity index is 1.99. The zero-order chi connectivity index (χ0) is 15.9. The molecule has 0 aliphatic carbocycles. The smallest absolute Gasteiger partial charge is 0.266 e. The highest BCUT2D eigenvalue weighted by Gasteiger charge is 2.19. The third-order valence-electron chi connectivity index (χ3n) is 3.75. The number of benzene rings is 1. The molecule has 0 fully saturated rings. The minimum absolute atomic E-state index is 0.221. The van der Waals surface area contributed by atoms with Crippen molar-refractivity contribution in [2.24, 2.45) is 7.05 Å². The van der Waals surface area contributed by atoms with Crippen molar-refractivity contribution in [3.63, 3.8) is 0 Å². The maximum absolute atomic E-state index is 13.9. The van der Waals surface area contributed by atoms with E-state index in [4.69, 9.17) is 0 Å². The van der Waals surface area contributed by atoms with Gasteiger partial charge in [0, 0.05) is 17.1 Å². The van der Waals surface area contributed by atoms with Crippen molar-refractivity contribution in [3.8, 4) is 0 Å². The molecule has 0 saturated heterocycles. The Morgan fingerprint density at radius 3 is 2.91 bits per heavy atom. The average molecular weight is 317 g/mol. The van der Waals surface area contributed by atoms with Crippen molar-refractivity contribution in [3.05, 3.63) is 46.3 Å². The second-order valence-electron chi connectivity index (χ2n) is 5.11. The number of nitrogens with one attached hydrogen (secondary N) is 1. The molecular formula is C16H16FN3OS. The Kier molecular flexibility index (Phi) is 3.70. The fourth-order valence-electron chi connectivity index (χ4n) is 2.64. The molecule has 114 valence electrons. The van der Waals surface area contributed by atoms with Crippen LogP contribution in [0.1, 0.15) is 27.9 Å². The monoisotopic (exact) mass is 317 g/mol. The molecule has 22 heavy (non-hydrogen) atoms. The standard InChI is InChI=1S/C16H16FN3OS/c1-4-12-11(8-18-20(12)3)19-16(21)15-9(2)14-10(17)6-5-7-13(14)22-15/h5-8H,4H2,1-3H3,(H,19,21). The first-order chi connectivity index (χ1) is 10.5. The summed E-state index contributed by atoms with van der Waals surface area (Å²) in [5, 5.41) is 7.57. The Hall–Kier alpha value is -2.21. The molecule has 0 bridgehead atoms. The largest absolute Gasteiger partial charge is 0.318 e. The molecule has 1 N–H and O–H groups in total. The first-order valence-electron chi connectivity index (χ1n) is 7.02. The number of nitrogens with zero attached hydrogens (tertiary/aromatic N) is 2. The first kappa shape index (κ1) is 14.7. The van der Waals surface area contributed by atoms with Crippen LogP contribution in [-0.4, -0.2) is 15.7 Å². The molecule has 6 heteroatoms. The topological polar surface area (TPSA) is 46.9 Å². The maximum Gasteiger partial charge on any atom is 0.266 e. The molecule has 0 spiro atoms. The van der Waals surface area contributed by atoms with Gasteiger partial charge in [0.1, 0.15) is 5.82 Å². The van der Waals surface area contributed by atoms with Gasteiger partial charge >= 0.3 is 0 Å². The van der Waals surface area contributed by atoms with E-state index >= 15 is 0 Å². The fraction of sp³-hybridized carbons (Fsp3) is 0.250. The van der Waals surface area contributed by atoms with E-state index in [1.807, 2.05) is 20.0 Å². The molecule has 0 aliphatic heterocycles. The summed E-state index contributed by atoms with van der Waals surface area (Å²) in [5.74, 6) is -0.512. The van der Waals surface area contributed by atoms with Crippen LogP contribution in [-0.2, 0) is 13.5 Å². The van der Waals surface area contributed by atoms with Gasteiger partial charge in [0.15, 0.2) is 0 Å². The highest BCUT2D eigenvalue weighted by molar-refractivity contribution is 7.21. The number of rotatable bonds is 3. The number of aryl methyl sites for hydroxylation is 2. The van der Waals surface area contributed by atoms with Crippen LogP contribution in [0.25, 0.3) is 10.1 Å². The van der Waals surface area contributed by atoms with E-state index in [9.17, 15) is 9.18 Å². The quantitative estimate of drug-likeness (QED) is 0.796. The zero-order valence-corrected chi connectivity index (χ0v) is 13.4. The van der Waals surface area contributed by atoms with Crippen molar-refractivity contribution < 1.29 is 9.18 Å². The zero-order valence-electron chi connectivity index (χ0n) is 12.6. The second kappa shape index (κ2) is 5.53. The summed E-state index contributed by atoms with van der Waals surface area (Å²) >= 11 is 1.31. The van der Waals surface area contributed by atoms with Crippen LogP contribution >= 0.6 is 11.3 Å². The Labute approximate surface area is 131 Å². The van der Waals surface area contributed by atoms with Crippen molar-refractivity contribution in [2.75, 3.05) is 5.32 Å². The van der Waals surface area contributed by atoms with Gasteiger partial charge in [-0.2, -0.15) is 5.10 Å². The minimum atomic E-state index is -0.291. The number of hydrogen-bond acceptors (Lipinski definition) is 3. The number of carbonyl (C=O) groups is 1. The average Bonchev–Trinajstić information content (AvgIpc) is 3.00. The van der Waals surface area contributed by atoms with Crippen molar-refractivity contribution in [1.29, 1.82) is 0 Å². The van der Waals surface area contributed by atoms with Crippen LogP contribution in [0.5, 0.6) is 0 Å². The molecule has 1 aromatic carbocycles. The third-order valence-corrected chi connectivity index (χ3v) is 5.01. The molecule has 3 rings (SSSR count). The minimum Gasteiger partial charge on any atom is -0.318 e. The Morgan fingerprint density at radius 2 is 2.23 bits per heavy atom. The molecule has 2 aromatic heterocycles. The Morgan fingerprint density at radius 1 is 1.45 bits per heavy atom. The van der Waals surface area contributed by atoms with Crippen LogP contribution < -0.4 is 5.32 Å². The van der Waals surface area contributed by atoms with E-state index in [0.717, 1.165) is 16.8 Å². The van der Waals surface area contributed by atoms with E-state index < -0.39 is 0 Å². The lowest BCUT2D eigenvalue weighted by molar-refractivity contribution is 0.103. The number of aromatic nitrogens is 2. The number of halogens is 1. The first-order valence-corrected chi connectivity index (χ1v) is 7.84. The summed E-state index contributed by atoms with van der Waals surface area (Å²) in [6.45, 7) is 3.79. The highest BCUT2D eigenvalue weighted by Crippen LogP contribution is 2.33. The molecule has 0 atom stereocenters. The predicted octanol–water partition coefficient (Wildman–Crippen LogP) is 3.90. The van der Waals surface area contributed by atoms with E-state index in [1.165, 1.54) is 17.4 Å². The molecule has 0 aliphatic rings. The van der Waals surface area contributed by atoms with Crippen LogP contribution in [0.2, 0.25) is 0 Å². The maximum atomic E-state index is 13.9. The van der Waals surface area contributed by atoms with Gasteiger partial charge in [0.05, 0.1) is 22.5 Å². The highest BCUT2D eigenvalue weighted by atomic mass is 32.1. The number of amides is 1. The Bertz CT molecular complexity index is 866. The summed E-state index contributed by atoms with van der Waals surface area (Å²) in [4.78, 5) is 13.1. The third kappa shape index (κ3) is 2.29. The van der Waals surface area contributed by atoms with Gasteiger partial charge in [-0.1, -0.05) is 13.0 Å². The van der Waals surface area contributed by atoms with Gasteiger partial charge in [-0.3, -0.25) is 9.48 Å². The van der Waals surface area contributed by atoms with Gasteiger partial charge in [-0.15, -0.1) is 11.3 Å². The van der Waals surface area contributed by atoms with Crippen LogP contribution in [0.3, 0.4) is 0 Å². The van der Waals surface area contributed by atoms with Gasteiger partial charge in [0.2, 0.25) is 0 Å². The van der Waals surface area contributed by atoms with Crippen LogP contribution in [0.4, 0.5) is 10.1 Å². The van der Waals surface area contributed by atoms with Gasteiger partial charge in [0.25, 0.3) is 5.91 Å². The molecular weight excluding hydrogens is 301 g/mol. The van der Waals surface area contributed by atoms with Crippen LogP contribution in [0, 0.1) is 12.7 Å². The normalized spacial score (nSPS) is 11.1. The molecule has 0 unspecified atom stereocenters. The lowest BCUT2D eigenvalue weighted by atomic mass is 10.1. The predicted molar refractivity (Wildman–Crippen MR) is 87.1 cm³/mol. The van der Waals surface area contributed by atoms with Gasteiger partial charge in [-0.05, 0) is 31.0 Å². The summed E-state index contributed by atoms with van der Waals surface area (Å²) in [5.41, 5.74) is 2.34. The molecule has 0 saturated carbocycles. The number of hydrogen-bond donors (Lipinski definition) is 1. The van der Waals surface area contributed by atoms with E-state index in [2.05, 4.69) is 10.4 Å². The summed E-state index contributed by atoms with van der Waals surface area (Å²) in [6.07, 6.45) is 2.41. The van der Waals surface area contributed by atoms with E-state index in [-0.39, 0.29) is 11.7 Å². The molecule has 3 aromatic rings. The molecule has 4 nitrogen and oxygen atoms in total. The van der Waals surface area contributed by atoms with Crippen molar-refractivity contribution in [2.45, 2.75) is 20.3 Å². The molecule has 1 amide bonds. The van der Waals surface area contributed by atoms with E-state index in [0.29, 0.717) is 21.5 Å². The summed E-state index contributed by atoms with van der Waals surface area (Å²) in [6, 6.07) is 4.90. The lowest BCUT2D eigenvalue weighted by Crippen LogP contribution is -2.12. The number of anilines is 1. The summed E-state index contributed by atoms with van der Waals surface area (Å²) < 4.78 is 16.5.